The summed E-state index contributed by atoms with van der Waals surface area (Å²) < 4.78 is 24.7. The summed E-state index contributed by atoms with van der Waals surface area (Å²) in [5.41, 5.74) is 1.89. The van der Waals surface area contributed by atoms with Crippen LogP contribution in [0.1, 0.15) is 41.6 Å². The van der Waals surface area contributed by atoms with Crippen LogP contribution in [0.3, 0.4) is 0 Å². The number of amides is 1. The lowest BCUT2D eigenvalue weighted by atomic mass is 9.95. The Kier molecular flexibility index (Phi) is 4.12. The number of sulfonamides is 1. The molecule has 0 heterocycles. The Morgan fingerprint density at radius 1 is 1.26 bits per heavy atom. The van der Waals surface area contributed by atoms with Crippen LogP contribution in [0.5, 0.6) is 0 Å². The molecule has 0 spiro atoms. The molecule has 3 atom stereocenters. The molecule has 3 rings (SSSR count). The molecular weight excluding hydrogens is 312 g/mol. The Bertz CT molecular complexity index is 729. The van der Waals surface area contributed by atoms with Crippen molar-refractivity contribution in [3.8, 4) is 0 Å². The monoisotopic (exact) mass is 336 g/mol. The van der Waals surface area contributed by atoms with Gasteiger partial charge in [0.15, 0.2) is 0 Å². The van der Waals surface area contributed by atoms with Gasteiger partial charge in [0.2, 0.25) is 10.0 Å². The highest BCUT2D eigenvalue weighted by Crippen LogP contribution is 2.44. The molecule has 0 aromatic heterocycles. The smallest absolute Gasteiger partial charge is 0.251 e. The van der Waals surface area contributed by atoms with Gasteiger partial charge in [0.25, 0.3) is 5.91 Å². The van der Waals surface area contributed by atoms with Crippen molar-refractivity contribution in [3.05, 3.63) is 29.3 Å². The molecule has 2 bridgehead atoms. The first-order valence-electron chi connectivity index (χ1n) is 8.11. The normalized spacial score (nSPS) is 26.3. The zero-order chi connectivity index (χ0) is 16.8. The van der Waals surface area contributed by atoms with E-state index in [2.05, 4.69) is 5.32 Å². The molecule has 1 amide bonds. The Balaban J connectivity index is 1.79. The summed E-state index contributed by atoms with van der Waals surface area (Å²) in [5, 5.41) is 3.14. The van der Waals surface area contributed by atoms with E-state index in [1.54, 1.807) is 18.2 Å². The van der Waals surface area contributed by atoms with Gasteiger partial charge < -0.3 is 5.32 Å². The highest BCUT2D eigenvalue weighted by Gasteiger charge is 2.40. The van der Waals surface area contributed by atoms with Crippen LogP contribution in [0.25, 0.3) is 0 Å². The molecule has 1 N–H and O–H groups in total. The maximum Gasteiger partial charge on any atom is 0.251 e. The number of anilines is 1. The van der Waals surface area contributed by atoms with Crippen LogP contribution in [0.2, 0.25) is 0 Å². The van der Waals surface area contributed by atoms with E-state index >= 15 is 0 Å². The number of rotatable bonds is 4. The second kappa shape index (κ2) is 5.82. The van der Waals surface area contributed by atoms with Crippen molar-refractivity contribution in [1.29, 1.82) is 0 Å². The molecule has 1 aromatic carbocycles. The van der Waals surface area contributed by atoms with E-state index in [1.807, 2.05) is 6.92 Å². The largest absolute Gasteiger partial charge is 0.349 e. The molecule has 0 saturated heterocycles. The van der Waals surface area contributed by atoms with Gasteiger partial charge in [-0.05, 0) is 55.7 Å². The minimum atomic E-state index is -3.35. The summed E-state index contributed by atoms with van der Waals surface area (Å²) in [6, 6.07) is 5.50. The van der Waals surface area contributed by atoms with Crippen molar-refractivity contribution in [3.63, 3.8) is 0 Å². The fraction of sp³-hybridized carbons (Fsp3) is 0.588. The third kappa shape index (κ3) is 3.22. The van der Waals surface area contributed by atoms with E-state index in [4.69, 9.17) is 0 Å². The molecule has 5 nitrogen and oxygen atoms in total. The van der Waals surface area contributed by atoms with Crippen LogP contribution in [0.4, 0.5) is 5.69 Å². The Hall–Kier alpha value is -1.56. The van der Waals surface area contributed by atoms with Gasteiger partial charge in [-0.25, -0.2) is 8.42 Å². The maximum absolute atomic E-state index is 12.5. The molecule has 2 aliphatic carbocycles. The minimum absolute atomic E-state index is 0.106. The van der Waals surface area contributed by atoms with Gasteiger partial charge in [0.1, 0.15) is 0 Å². The second-order valence-electron chi connectivity index (χ2n) is 6.99. The topological polar surface area (TPSA) is 66.5 Å². The zero-order valence-corrected chi connectivity index (χ0v) is 14.7. The van der Waals surface area contributed by atoms with E-state index in [0.29, 0.717) is 17.2 Å². The number of nitrogens with one attached hydrogen (secondary N) is 1. The minimum Gasteiger partial charge on any atom is -0.349 e. The van der Waals surface area contributed by atoms with Crippen LogP contribution in [0.15, 0.2) is 18.2 Å². The van der Waals surface area contributed by atoms with E-state index < -0.39 is 10.0 Å². The Morgan fingerprint density at radius 2 is 2.00 bits per heavy atom. The van der Waals surface area contributed by atoms with Crippen molar-refractivity contribution >= 4 is 21.6 Å². The molecular formula is C17H24N2O3S. The molecule has 3 unspecified atom stereocenters. The number of carbonyl (C=O) groups excluding carboxylic acids is 1. The van der Waals surface area contributed by atoms with Crippen LogP contribution < -0.4 is 9.62 Å². The van der Waals surface area contributed by atoms with E-state index in [9.17, 15) is 13.2 Å². The van der Waals surface area contributed by atoms with Gasteiger partial charge in [-0.2, -0.15) is 0 Å². The maximum atomic E-state index is 12.5. The lowest BCUT2D eigenvalue weighted by Crippen LogP contribution is -2.38. The second-order valence-corrected chi connectivity index (χ2v) is 9.00. The number of hydrogen-bond donors (Lipinski definition) is 1. The molecule has 0 aliphatic heterocycles. The Morgan fingerprint density at radius 3 is 2.57 bits per heavy atom. The lowest BCUT2D eigenvalue weighted by molar-refractivity contribution is 0.0923. The summed E-state index contributed by atoms with van der Waals surface area (Å²) >= 11 is 0. The standard InChI is InChI=1S/C17H24N2O3S/c1-11-4-6-14(10-16(11)19(2)23(3,21)22)17(20)18-15-9-12-5-7-13(15)8-12/h4,6,10,12-13,15H,5,7-9H2,1-3H3,(H,18,20). The van der Waals surface area contributed by atoms with Gasteiger partial charge in [0, 0.05) is 18.7 Å². The van der Waals surface area contributed by atoms with Crippen molar-refractivity contribution in [1.82, 2.24) is 5.32 Å². The first kappa shape index (κ1) is 16.3. The highest BCUT2D eigenvalue weighted by atomic mass is 32.2. The van der Waals surface area contributed by atoms with Crippen LogP contribution in [-0.4, -0.2) is 33.7 Å². The SMILES string of the molecule is Cc1ccc(C(=O)NC2CC3CCC2C3)cc1N(C)S(C)(=O)=O. The van der Waals surface area contributed by atoms with E-state index in [0.717, 1.165) is 24.2 Å². The van der Waals surface area contributed by atoms with Crippen molar-refractivity contribution in [2.75, 3.05) is 17.6 Å². The van der Waals surface area contributed by atoms with Gasteiger partial charge >= 0.3 is 0 Å². The number of nitrogens with zero attached hydrogens (tertiary/aromatic N) is 1. The average Bonchev–Trinajstić information content (AvgIpc) is 3.08. The summed E-state index contributed by atoms with van der Waals surface area (Å²) in [5.74, 6) is 1.29. The molecule has 126 valence electrons. The van der Waals surface area contributed by atoms with Crippen molar-refractivity contribution < 1.29 is 13.2 Å². The highest BCUT2D eigenvalue weighted by molar-refractivity contribution is 7.92. The predicted octanol–water partition coefficient (Wildman–Crippen LogP) is 2.31. The van der Waals surface area contributed by atoms with Gasteiger partial charge in [-0.15, -0.1) is 0 Å². The van der Waals surface area contributed by atoms with Crippen LogP contribution >= 0.6 is 0 Å². The van der Waals surface area contributed by atoms with Gasteiger partial charge in [0.05, 0.1) is 11.9 Å². The third-order valence-corrected chi connectivity index (χ3v) is 6.55. The molecule has 2 fully saturated rings. The van der Waals surface area contributed by atoms with E-state index in [1.165, 1.54) is 30.6 Å². The first-order valence-corrected chi connectivity index (χ1v) is 9.96. The molecule has 2 aliphatic rings. The molecule has 1 aromatic rings. The summed E-state index contributed by atoms with van der Waals surface area (Å²) in [6.07, 6.45) is 5.99. The number of aryl methyl sites for hydroxylation is 1. The molecule has 6 heteroatoms. The van der Waals surface area contributed by atoms with Crippen molar-refractivity contribution in [2.24, 2.45) is 11.8 Å². The molecule has 0 radical (unpaired) electrons. The first-order chi connectivity index (χ1) is 10.8. The van der Waals surface area contributed by atoms with E-state index in [-0.39, 0.29) is 11.9 Å². The summed E-state index contributed by atoms with van der Waals surface area (Å²) in [6.45, 7) is 1.84. The van der Waals surface area contributed by atoms with Gasteiger partial charge in [-0.1, -0.05) is 12.5 Å². The number of hydrogen-bond acceptors (Lipinski definition) is 3. The van der Waals surface area contributed by atoms with Gasteiger partial charge in [-0.3, -0.25) is 9.10 Å². The predicted molar refractivity (Wildman–Crippen MR) is 91.1 cm³/mol. The molecule has 2 saturated carbocycles. The number of benzene rings is 1. The fourth-order valence-corrected chi connectivity index (χ4v) is 4.50. The number of carbonyl (C=O) groups is 1. The zero-order valence-electron chi connectivity index (χ0n) is 13.9. The lowest BCUT2D eigenvalue weighted by Gasteiger charge is -2.24. The van der Waals surface area contributed by atoms with Crippen LogP contribution in [0, 0.1) is 18.8 Å². The van der Waals surface area contributed by atoms with Crippen LogP contribution in [-0.2, 0) is 10.0 Å². The Labute approximate surface area is 138 Å². The fourth-order valence-electron chi connectivity index (χ4n) is 3.94. The third-order valence-electron chi connectivity index (χ3n) is 5.36. The number of fused-ring (bicyclic) bond motifs is 2. The average molecular weight is 336 g/mol. The molecule has 23 heavy (non-hydrogen) atoms. The summed E-state index contributed by atoms with van der Waals surface area (Å²) in [7, 11) is -1.84. The summed E-state index contributed by atoms with van der Waals surface area (Å²) in [4.78, 5) is 12.5. The van der Waals surface area contributed by atoms with Crippen molar-refractivity contribution in [2.45, 2.75) is 38.6 Å². The quantitative estimate of drug-likeness (QED) is 0.917.